The van der Waals surface area contributed by atoms with E-state index in [0.717, 1.165) is 56.9 Å². The molecule has 1 saturated heterocycles. The molecule has 1 aromatic rings. The lowest BCUT2D eigenvalue weighted by atomic mass is 10.0. The van der Waals surface area contributed by atoms with E-state index in [9.17, 15) is 4.79 Å². The Bertz CT molecular complexity index is 592. The molecule has 0 saturated carbocycles. The minimum Gasteiger partial charge on any atom is -0.373 e. The fourth-order valence-electron chi connectivity index (χ4n) is 2.91. The molecule has 0 bridgehead atoms. The third-order valence-corrected chi connectivity index (χ3v) is 4.65. The van der Waals surface area contributed by atoms with Gasteiger partial charge in [0.05, 0.1) is 5.60 Å². The van der Waals surface area contributed by atoms with Crippen molar-refractivity contribution in [2.24, 2.45) is 4.99 Å². The number of benzene rings is 1. The molecule has 1 aliphatic rings. The molecule has 0 aliphatic carbocycles. The third-order valence-electron chi connectivity index (χ3n) is 4.65. The summed E-state index contributed by atoms with van der Waals surface area (Å²) in [6, 6.07) is 7.66. The summed E-state index contributed by atoms with van der Waals surface area (Å²) in [6.45, 7) is 7.19. The normalized spacial score (nSPS) is 20.0. The van der Waals surface area contributed by atoms with Crippen LogP contribution in [0.5, 0.6) is 0 Å². The van der Waals surface area contributed by atoms with E-state index in [2.05, 4.69) is 34.8 Å². The van der Waals surface area contributed by atoms with Gasteiger partial charge in [-0.3, -0.25) is 9.79 Å². The molecule has 6 heteroatoms. The SMILES string of the molecule is CCCCNC(=O)c1ccc(CNC(=NC)NCC2(C)CCCO2)cc1. The highest BCUT2D eigenvalue weighted by Crippen LogP contribution is 2.23. The maximum atomic E-state index is 12.0. The van der Waals surface area contributed by atoms with Gasteiger partial charge in [0.2, 0.25) is 0 Å². The van der Waals surface area contributed by atoms with Crippen LogP contribution in [-0.2, 0) is 11.3 Å². The van der Waals surface area contributed by atoms with Crippen molar-refractivity contribution in [3.05, 3.63) is 35.4 Å². The van der Waals surface area contributed by atoms with E-state index in [-0.39, 0.29) is 11.5 Å². The molecule has 1 atom stereocenters. The lowest BCUT2D eigenvalue weighted by molar-refractivity contribution is 0.0243. The van der Waals surface area contributed by atoms with Gasteiger partial charge in [0.15, 0.2) is 5.96 Å². The summed E-state index contributed by atoms with van der Waals surface area (Å²) >= 11 is 0. The van der Waals surface area contributed by atoms with Crippen LogP contribution in [0.2, 0.25) is 0 Å². The van der Waals surface area contributed by atoms with Crippen molar-refractivity contribution < 1.29 is 9.53 Å². The number of hydrogen-bond donors (Lipinski definition) is 3. The van der Waals surface area contributed by atoms with Crippen molar-refractivity contribution in [3.8, 4) is 0 Å². The number of carbonyl (C=O) groups is 1. The molecule has 1 heterocycles. The van der Waals surface area contributed by atoms with Gasteiger partial charge in [-0.15, -0.1) is 0 Å². The van der Waals surface area contributed by atoms with Crippen LogP contribution in [-0.4, -0.2) is 44.2 Å². The Kier molecular flexibility index (Phi) is 7.91. The van der Waals surface area contributed by atoms with Gasteiger partial charge in [0.1, 0.15) is 0 Å². The summed E-state index contributed by atoms with van der Waals surface area (Å²) in [4.78, 5) is 16.3. The highest BCUT2D eigenvalue weighted by atomic mass is 16.5. The second-order valence-corrected chi connectivity index (χ2v) is 6.99. The zero-order chi connectivity index (χ0) is 18.8. The predicted molar refractivity (Wildman–Crippen MR) is 105 cm³/mol. The summed E-state index contributed by atoms with van der Waals surface area (Å²) in [5.74, 6) is 0.739. The lowest BCUT2D eigenvalue weighted by Gasteiger charge is -2.24. The number of aliphatic imine (C=N–C) groups is 1. The van der Waals surface area contributed by atoms with Crippen LogP contribution in [0.1, 0.15) is 55.5 Å². The van der Waals surface area contributed by atoms with Gasteiger partial charge in [0, 0.05) is 38.9 Å². The van der Waals surface area contributed by atoms with E-state index in [1.807, 2.05) is 24.3 Å². The van der Waals surface area contributed by atoms with Gasteiger partial charge < -0.3 is 20.7 Å². The molecule has 1 aromatic carbocycles. The Balaban J connectivity index is 1.77. The van der Waals surface area contributed by atoms with Crippen molar-refractivity contribution in [3.63, 3.8) is 0 Å². The second kappa shape index (κ2) is 10.2. The van der Waals surface area contributed by atoms with Gasteiger partial charge in [-0.1, -0.05) is 25.5 Å². The monoisotopic (exact) mass is 360 g/mol. The highest BCUT2D eigenvalue weighted by Gasteiger charge is 2.29. The van der Waals surface area contributed by atoms with Crippen molar-refractivity contribution in [2.45, 2.75) is 51.7 Å². The van der Waals surface area contributed by atoms with Crippen LogP contribution >= 0.6 is 0 Å². The lowest BCUT2D eigenvalue weighted by Crippen LogP contribution is -2.45. The minimum atomic E-state index is -0.107. The van der Waals surface area contributed by atoms with Crippen molar-refractivity contribution in [1.29, 1.82) is 0 Å². The molecule has 3 N–H and O–H groups in total. The summed E-state index contributed by atoms with van der Waals surface area (Å²) in [5, 5.41) is 9.56. The second-order valence-electron chi connectivity index (χ2n) is 6.99. The van der Waals surface area contributed by atoms with Crippen LogP contribution in [0.4, 0.5) is 0 Å². The molecular formula is C20H32N4O2. The van der Waals surface area contributed by atoms with E-state index in [1.165, 1.54) is 0 Å². The molecule has 2 rings (SSSR count). The summed E-state index contributed by atoms with van der Waals surface area (Å²) in [6.07, 6.45) is 4.26. The Morgan fingerprint density at radius 2 is 2.00 bits per heavy atom. The Morgan fingerprint density at radius 3 is 2.62 bits per heavy atom. The number of carbonyl (C=O) groups excluding carboxylic acids is 1. The number of nitrogens with zero attached hydrogens (tertiary/aromatic N) is 1. The minimum absolute atomic E-state index is 0.0137. The summed E-state index contributed by atoms with van der Waals surface area (Å²) < 4.78 is 5.79. The smallest absolute Gasteiger partial charge is 0.251 e. The summed E-state index contributed by atoms with van der Waals surface area (Å²) in [7, 11) is 1.76. The van der Waals surface area contributed by atoms with Crippen LogP contribution in [0.25, 0.3) is 0 Å². The van der Waals surface area contributed by atoms with Crippen LogP contribution in [0, 0.1) is 0 Å². The van der Waals surface area contributed by atoms with E-state index in [4.69, 9.17) is 4.74 Å². The largest absolute Gasteiger partial charge is 0.373 e. The third kappa shape index (κ3) is 6.33. The summed E-state index contributed by atoms with van der Waals surface area (Å²) in [5.41, 5.74) is 1.68. The molecule has 0 spiro atoms. The number of guanidine groups is 1. The molecule has 1 unspecified atom stereocenters. The predicted octanol–water partition coefficient (Wildman–Crippen LogP) is 2.45. The standard InChI is InChI=1S/C20H32N4O2/c1-4-5-12-22-18(25)17-9-7-16(8-10-17)14-23-19(21-3)24-15-20(2)11-6-13-26-20/h7-10H,4-6,11-15H2,1-3H3,(H,22,25)(H2,21,23,24). The molecule has 1 aliphatic heterocycles. The molecule has 144 valence electrons. The molecule has 26 heavy (non-hydrogen) atoms. The fraction of sp³-hybridized carbons (Fsp3) is 0.600. The first-order valence-electron chi connectivity index (χ1n) is 9.52. The van der Waals surface area contributed by atoms with Gasteiger partial charge in [-0.05, 0) is 43.9 Å². The molecule has 6 nitrogen and oxygen atoms in total. The zero-order valence-electron chi connectivity index (χ0n) is 16.2. The van der Waals surface area contributed by atoms with Gasteiger partial charge in [0.25, 0.3) is 5.91 Å². The first-order chi connectivity index (χ1) is 12.6. The maximum Gasteiger partial charge on any atom is 0.251 e. The highest BCUT2D eigenvalue weighted by molar-refractivity contribution is 5.94. The zero-order valence-corrected chi connectivity index (χ0v) is 16.2. The molecule has 1 amide bonds. The number of amides is 1. The topological polar surface area (TPSA) is 74.8 Å². The maximum absolute atomic E-state index is 12.0. The number of hydrogen-bond acceptors (Lipinski definition) is 3. The number of rotatable bonds is 8. The van der Waals surface area contributed by atoms with Gasteiger partial charge in [-0.2, -0.15) is 0 Å². The molecule has 0 aromatic heterocycles. The number of ether oxygens (including phenoxy) is 1. The van der Waals surface area contributed by atoms with Crippen LogP contribution in [0.15, 0.2) is 29.3 Å². The van der Waals surface area contributed by atoms with Crippen LogP contribution in [0.3, 0.4) is 0 Å². The Hall–Kier alpha value is -2.08. The van der Waals surface area contributed by atoms with Crippen molar-refractivity contribution in [2.75, 3.05) is 26.7 Å². The molecule has 1 fully saturated rings. The van der Waals surface area contributed by atoms with Gasteiger partial charge >= 0.3 is 0 Å². The van der Waals surface area contributed by atoms with Crippen molar-refractivity contribution >= 4 is 11.9 Å². The van der Waals surface area contributed by atoms with Crippen LogP contribution < -0.4 is 16.0 Å². The fourth-order valence-corrected chi connectivity index (χ4v) is 2.91. The average Bonchev–Trinajstić information content (AvgIpc) is 3.09. The van der Waals surface area contributed by atoms with Gasteiger partial charge in [-0.25, -0.2) is 0 Å². The van der Waals surface area contributed by atoms with Crippen molar-refractivity contribution in [1.82, 2.24) is 16.0 Å². The van der Waals surface area contributed by atoms with E-state index in [1.54, 1.807) is 7.05 Å². The molecule has 0 radical (unpaired) electrons. The number of nitrogens with one attached hydrogen (secondary N) is 3. The van der Waals surface area contributed by atoms with E-state index < -0.39 is 0 Å². The molecular weight excluding hydrogens is 328 g/mol. The Labute approximate surface area is 156 Å². The first-order valence-corrected chi connectivity index (χ1v) is 9.52. The van der Waals surface area contributed by atoms with E-state index in [0.29, 0.717) is 12.1 Å². The quantitative estimate of drug-likeness (QED) is 0.378. The first kappa shape index (κ1) is 20.2. The average molecular weight is 361 g/mol. The number of unbranched alkanes of at least 4 members (excludes halogenated alkanes) is 1. The Morgan fingerprint density at radius 1 is 1.23 bits per heavy atom. The van der Waals surface area contributed by atoms with E-state index >= 15 is 0 Å².